The summed E-state index contributed by atoms with van der Waals surface area (Å²) in [5.41, 5.74) is 1.02. The maximum absolute atomic E-state index is 11.7. The molecule has 1 amide bonds. The van der Waals surface area contributed by atoms with Crippen LogP contribution in [0.2, 0.25) is 0 Å². The summed E-state index contributed by atoms with van der Waals surface area (Å²) >= 11 is 0. The Morgan fingerprint density at radius 1 is 1.53 bits per heavy atom. The van der Waals surface area contributed by atoms with Crippen molar-refractivity contribution >= 4 is 5.91 Å². The maximum atomic E-state index is 11.7. The molecule has 0 aliphatic carbocycles. The molecule has 4 nitrogen and oxygen atoms in total. The number of carbonyl (C=O) groups excluding carboxylic acids is 1. The van der Waals surface area contributed by atoms with Gasteiger partial charge in [-0.2, -0.15) is 0 Å². The average molecular weight is 234 g/mol. The fourth-order valence-corrected chi connectivity index (χ4v) is 1.95. The van der Waals surface area contributed by atoms with Crippen molar-refractivity contribution in [2.45, 2.75) is 38.3 Å². The molecule has 1 unspecified atom stereocenters. The summed E-state index contributed by atoms with van der Waals surface area (Å²) in [5, 5.41) is 2.89. The predicted octanol–water partition coefficient (Wildman–Crippen LogP) is 1.66. The standard InChI is InChI=1S/C13H18N2O2/c16-13(8-12-5-1-2-7-17-12)15-10-11-4-3-6-14-9-11/h3-4,6,9,12H,1-2,5,7-8,10H2,(H,15,16). The molecule has 0 radical (unpaired) electrons. The van der Waals surface area contributed by atoms with Gasteiger partial charge in [-0.25, -0.2) is 0 Å². The summed E-state index contributed by atoms with van der Waals surface area (Å²) < 4.78 is 5.53. The van der Waals surface area contributed by atoms with E-state index in [9.17, 15) is 4.79 Å². The van der Waals surface area contributed by atoms with Crippen LogP contribution in [0.4, 0.5) is 0 Å². The number of hydrogen-bond donors (Lipinski definition) is 1. The van der Waals surface area contributed by atoms with E-state index in [1.807, 2.05) is 12.1 Å². The van der Waals surface area contributed by atoms with Crippen LogP contribution in [0, 0.1) is 0 Å². The summed E-state index contributed by atoms with van der Waals surface area (Å²) in [5.74, 6) is 0.0563. The third-order valence-corrected chi connectivity index (χ3v) is 2.90. The molecule has 2 rings (SSSR count). The van der Waals surface area contributed by atoms with Crippen LogP contribution >= 0.6 is 0 Å². The van der Waals surface area contributed by atoms with Crippen molar-refractivity contribution in [1.29, 1.82) is 0 Å². The Hall–Kier alpha value is -1.42. The zero-order valence-electron chi connectivity index (χ0n) is 9.89. The molecular weight excluding hydrogens is 216 g/mol. The largest absolute Gasteiger partial charge is 0.378 e. The number of aromatic nitrogens is 1. The molecule has 4 heteroatoms. The highest BCUT2D eigenvalue weighted by Crippen LogP contribution is 2.15. The highest BCUT2D eigenvalue weighted by Gasteiger charge is 2.17. The van der Waals surface area contributed by atoms with Crippen LogP contribution < -0.4 is 5.32 Å². The Morgan fingerprint density at radius 3 is 3.18 bits per heavy atom. The molecule has 1 saturated heterocycles. The monoisotopic (exact) mass is 234 g/mol. The molecular formula is C13H18N2O2. The number of amides is 1. The molecule has 92 valence electrons. The molecule has 1 N–H and O–H groups in total. The van der Waals surface area contributed by atoms with Crippen molar-refractivity contribution in [3.05, 3.63) is 30.1 Å². The van der Waals surface area contributed by atoms with Crippen LogP contribution in [0.5, 0.6) is 0 Å². The average Bonchev–Trinajstić information content (AvgIpc) is 2.39. The fourth-order valence-electron chi connectivity index (χ4n) is 1.95. The molecule has 1 aliphatic heterocycles. The Bertz CT molecular complexity index is 348. The van der Waals surface area contributed by atoms with Gasteiger partial charge >= 0.3 is 0 Å². The molecule has 0 spiro atoms. The number of pyridine rings is 1. The topological polar surface area (TPSA) is 51.2 Å². The van der Waals surface area contributed by atoms with E-state index >= 15 is 0 Å². The summed E-state index contributed by atoms with van der Waals surface area (Å²) in [4.78, 5) is 15.7. The molecule has 17 heavy (non-hydrogen) atoms. The number of carbonyl (C=O) groups is 1. The van der Waals surface area contributed by atoms with Crippen LogP contribution in [0.3, 0.4) is 0 Å². The first-order chi connectivity index (χ1) is 8.34. The highest BCUT2D eigenvalue weighted by atomic mass is 16.5. The molecule has 0 saturated carbocycles. The van der Waals surface area contributed by atoms with Gasteiger partial charge in [0.05, 0.1) is 12.5 Å². The van der Waals surface area contributed by atoms with Gasteiger partial charge in [0.2, 0.25) is 5.91 Å². The number of hydrogen-bond acceptors (Lipinski definition) is 3. The van der Waals surface area contributed by atoms with Crippen molar-refractivity contribution in [3.8, 4) is 0 Å². The number of ether oxygens (including phenoxy) is 1. The summed E-state index contributed by atoms with van der Waals surface area (Å²) in [6, 6.07) is 3.82. The van der Waals surface area contributed by atoms with Gasteiger partial charge in [0.1, 0.15) is 0 Å². The molecule has 1 aromatic heterocycles. The van der Waals surface area contributed by atoms with Gasteiger partial charge in [-0.15, -0.1) is 0 Å². The van der Waals surface area contributed by atoms with Crippen molar-refractivity contribution in [1.82, 2.24) is 10.3 Å². The normalized spacial score (nSPS) is 19.9. The minimum Gasteiger partial charge on any atom is -0.378 e. The molecule has 1 aliphatic rings. The SMILES string of the molecule is O=C(CC1CCCCO1)NCc1cccnc1. The first-order valence-electron chi connectivity index (χ1n) is 6.12. The maximum Gasteiger partial charge on any atom is 0.222 e. The van der Waals surface area contributed by atoms with Gasteiger partial charge < -0.3 is 10.1 Å². The van der Waals surface area contributed by atoms with Crippen LogP contribution in [0.1, 0.15) is 31.2 Å². The van der Waals surface area contributed by atoms with Crippen molar-refractivity contribution in [2.24, 2.45) is 0 Å². The molecule has 2 heterocycles. The lowest BCUT2D eigenvalue weighted by atomic mass is 10.1. The van der Waals surface area contributed by atoms with Gasteiger partial charge in [-0.05, 0) is 30.9 Å². The van der Waals surface area contributed by atoms with E-state index in [2.05, 4.69) is 10.3 Å². The van der Waals surface area contributed by atoms with E-state index in [4.69, 9.17) is 4.74 Å². The molecule has 0 bridgehead atoms. The number of rotatable bonds is 4. The van der Waals surface area contributed by atoms with E-state index < -0.39 is 0 Å². The Morgan fingerprint density at radius 2 is 2.47 bits per heavy atom. The molecule has 1 fully saturated rings. The van der Waals surface area contributed by atoms with Crippen LogP contribution in [0.15, 0.2) is 24.5 Å². The lowest BCUT2D eigenvalue weighted by molar-refractivity contribution is -0.125. The second kappa shape index (κ2) is 6.35. The summed E-state index contributed by atoms with van der Waals surface area (Å²) in [7, 11) is 0. The second-order valence-electron chi connectivity index (χ2n) is 4.33. The molecule has 1 aromatic rings. The zero-order chi connectivity index (χ0) is 11.9. The van der Waals surface area contributed by atoms with E-state index in [0.717, 1.165) is 25.0 Å². The number of nitrogens with zero attached hydrogens (tertiary/aromatic N) is 1. The van der Waals surface area contributed by atoms with Crippen LogP contribution in [0.25, 0.3) is 0 Å². The Kier molecular flexibility index (Phi) is 4.50. The van der Waals surface area contributed by atoms with Crippen molar-refractivity contribution in [2.75, 3.05) is 6.61 Å². The van der Waals surface area contributed by atoms with Crippen molar-refractivity contribution in [3.63, 3.8) is 0 Å². The first kappa shape index (κ1) is 12.0. The van der Waals surface area contributed by atoms with Crippen LogP contribution in [-0.4, -0.2) is 23.6 Å². The minimum atomic E-state index is 0.0563. The lowest BCUT2D eigenvalue weighted by Gasteiger charge is -2.21. The van der Waals surface area contributed by atoms with E-state index in [-0.39, 0.29) is 12.0 Å². The minimum absolute atomic E-state index is 0.0563. The third-order valence-electron chi connectivity index (χ3n) is 2.90. The van der Waals surface area contributed by atoms with E-state index in [0.29, 0.717) is 13.0 Å². The number of nitrogens with one attached hydrogen (secondary N) is 1. The van der Waals surface area contributed by atoms with E-state index in [1.165, 1.54) is 6.42 Å². The van der Waals surface area contributed by atoms with Gasteiger partial charge in [0.25, 0.3) is 0 Å². The van der Waals surface area contributed by atoms with Gasteiger partial charge in [-0.3, -0.25) is 9.78 Å². The predicted molar refractivity (Wildman–Crippen MR) is 64.3 cm³/mol. The molecule has 1 atom stereocenters. The lowest BCUT2D eigenvalue weighted by Crippen LogP contribution is -2.30. The Balaban J connectivity index is 1.70. The quantitative estimate of drug-likeness (QED) is 0.862. The second-order valence-corrected chi connectivity index (χ2v) is 4.33. The van der Waals surface area contributed by atoms with Gasteiger partial charge in [-0.1, -0.05) is 6.07 Å². The van der Waals surface area contributed by atoms with Crippen LogP contribution in [-0.2, 0) is 16.1 Å². The summed E-state index contributed by atoms with van der Waals surface area (Å²) in [6.07, 6.45) is 7.35. The van der Waals surface area contributed by atoms with Gasteiger partial charge in [0.15, 0.2) is 0 Å². The van der Waals surface area contributed by atoms with Crippen molar-refractivity contribution < 1.29 is 9.53 Å². The highest BCUT2D eigenvalue weighted by molar-refractivity contribution is 5.76. The fraction of sp³-hybridized carbons (Fsp3) is 0.538. The third kappa shape index (κ3) is 4.15. The summed E-state index contributed by atoms with van der Waals surface area (Å²) in [6.45, 7) is 1.33. The van der Waals surface area contributed by atoms with Gasteiger partial charge in [0, 0.05) is 25.5 Å². The zero-order valence-corrected chi connectivity index (χ0v) is 9.89. The van der Waals surface area contributed by atoms with E-state index in [1.54, 1.807) is 12.4 Å². The smallest absolute Gasteiger partial charge is 0.222 e. The Labute approximate surface area is 101 Å². The first-order valence-corrected chi connectivity index (χ1v) is 6.12. The molecule has 0 aromatic carbocycles.